The number of hydrogen-bond acceptors (Lipinski definition) is 2. The fraction of sp³-hybridized carbons (Fsp3) is 0.500. The molecular weight excluding hydrogens is 271 g/mol. The van der Waals surface area contributed by atoms with Gasteiger partial charge < -0.3 is 10.4 Å². The molecule has 0 bridgehead atoms. The number of rotatable bonds is 3. The van der Waals surface area contributed by atoms with Gasteiger partial charge >= 0.3 is 12.1 Å². The summed E-state index contributed by atoms with van der Waals surface area (Å²) in [5.41, 5.74) is -1.06. The largest absolute Gasteiger partial charge is 0.480 e. The predicted octanol–water partition coefficient (Wildman–Crippen LogP) is 2.70. The minimum absolute atomic E-state index is 0.0274. The molecular formula is C14H16F3NO2. The minimum atomic E-state index is -4.35. The van der Waals surface area contributed by atoms with Gasteiger partial charge in [-0.3, -0.25) is 4.79 Å². The molecule has 1 aliphatic heterocycles. The van der Waals surface area contributed by atoms with E-state index in [0.29, 0.717) is 24.9 Å². The highest BCUT2D eigenvalue weighted by Gasteiger charge is 2.41. The molecule has 6 heteroatoms. The fourth-order valence-corrected chi connectivity index (χ4v) is 2.61. The van der Waals surface area contributed by atoms with Crippen LogP contribution in [0.2, 0.25) is 0 Å². The lowest BCUT2D eigenvalue weighted by Crippen LogP contribution is -2.44. The number of halogens is 3. The van der Waals surface area contributed by atoms with Gasteiger partial charge in [0.1, 0.15) is 5.54 Å². The molecule has 1 heterocycles. The van der Waals surface area contributed by atoms with E-state index < -0.39 is 23.2 Å². The zero-order valence-electron chi connectivity index (χ0n) is 11.0. The lowest BCUT2D eigenvalue weighted by molar-refractivity contribution is -0.143. The molecule has 1 saturated heterocycles. The van der Waals surface area contributed by atoms with Crippen LogP contribution in [0.4, 0.5) is 13.2 Å². The second-order valence-corrected chi connectivity index (χ2v) is 5.49. The van der Waals surface area contributed by atoms with Crippen molar-refractivity contribution in [2.24, 2.45) is 5.92 Å². The molecule has 0 aromatic heterocycles. The Morgan fingerprint density at radius 3 is 2.75 bits per heavy atom. The van der Waals surface area contributed by atoms with Crippen molar-refractivity contribution >= 4 is 5.97 Å². The lowest BCUT2D eigenvalue weighted by atomic mass is 9.90. The number of carbonyl (C=O) groups is 1. The van der Waals surface area contributed by atoms with E-state index in [1.54, 1.807) is 13.0 Å². The van der Waals surface area contributed by atoms with Crippen molar-refractivity contribution in [2.45, 2.75) is 31.5 Å². The van der Waals surface area contributed by atoms with E-state index >= 15 is 0 Å². The van der Waals surface area contributed by atoms with Gasteiger partial charge in [-0.1, -0.05) is 18.2 Å². The Labute approximate surface area is 114 Å². The average molecular weight is 287 g/mol. The van der Waals surface area contributed by atoms with Crippen molar-refractivity contribution in [3.05, 3.63) is 35.4 Å². The van der Waals surface area contributed by atoms with Crippen LogP contribution >= 0.6 is 0 Å². The van der Waals surface area contributed by atoms with Crippen LogP contribution in [0.5, 0.6) is 0 Å². The molecule has 0 aliphatic carbocycles. The van der Waals surface area contributed by atoms with Crippen molar-refractivity contribution in [2.75, 3.05) is 6.54 Å². The number of carboxylic acid groups (broad SMARTS) is 1. The maximum Gasteiger partial charge on any atom is 0.416 e. The SMILES string of the molecule is CC1(C(=O)O)CC(Cc2cccc(C(F)(F)F)c2)CN1. The lowest BCUT2D eigenvalue weighted by Gasteiger charge is -2.18. The molecule has 2 rings (SSSR count). The first-order valence-corrected chi connectivity index (χ1v) is 6.35. The van der Waals surface area contributed by atoms with Gasteiger partial charge in [-0.05, 0) is 43.9 Å². The zero-order chi connectivity index (χ0) is 15.0. The molecule has 1 aromatic carbocycles. The van der Waals surface area contributed by atoms with Gasteiger partial charge in [0.25, 0.3) is 0 Å². The number of hydrogen-bond donors (Lipinski definition) is 2. The smallest absolute Gasteiger partial charge is 0.416 e. The molecule has 0 amide bonds. The summed E-state index contributed by atoms with van der Waals surface area (Å²) < 4.78 is 37.9. The van der Waals surface area contributed by atoms with Gasteiger partial charge in [0.05, 0.1) is 5.56 Å². The van der Waals surface area contributed by atoms with E-state index in [1.807, 2.05) is 0 Å². The van der Waals surface area contributed by atoms with Crippen LogP contribution in [-0.2, 0) is 17.4 Å². The summed E-state index contributed by atoms with van der Waals surface area (Å²) in [5, 5.41) is 12.0. The quantitative estimate of drug-likeness (QED) is 0.898. The van der Waals surface area contributed by atoms with Gasteiger partial charge in [0.2, 0.25) is 0 Å². The van der Waals surface area contributed by atoms with E-state index in [0.717, 1.165) is 12.1 Å². The van der Waals surface area contributed by atoms with E-state index in [-0.39, 0.29) is 5.92 Å². The summed E-state index contributed by atoms with van der Waals surface area (Å²) in [6, 6.07) is 5.21. The van der Waals surface area contributed by atoms with Crippen LogP contribution in [0.3, 0.4) is 0 Å². The minimum Gasteiger partial charge on any atom is -0.480 e. The molecule has 1 aliphatic rings. The van der Waals surface area contributed by atoms with E-state index in [9.17, 15) is 18.0 Å². The van der Waals surface area contributed by atoms with Crippen LogP contribution in [0.25, 0.3) is 0 Å². The van der Waals surface area contributed by atoms with Crippen molar-refractivity contribution < 1.29 is 23.1 Å². The molecule has 3 nitrogen and oxygen atoms in total. The molecule has 0 spiro atoms. The Morgan fingerprint density at radius 1 is 1.50 bits per heavy atom. The molecule has 0 radical (unpaired) electrons. The molecule has 20 heavy (non-hydrogen) atoms. The van der Waals surface area contributed by atoms with Gasteiger partial charge in [0, 0.05) is 0 Å². The Bertz CT molecular complexity index is 515. The van der Waals surface area contributed by atoms with E-state index in [2.05, 4.69) is 5.32 Å². The number of alkyl halides is 3. The van der Waals surface area contributed by atoms with E-state index in [1.165, 1.54) is 6.07 Å². The second kappa shape index (κ2) is 5.09. The normalized spacial score (nSPS) is 26.7. The maximum absolute atomic E-state index is 12.6. The van der Waals surface area contributed by atoms with Gasteiger partial charge in [0.15, 0.2) is 0 Å². The maximum atomic E-state index is 12.6. The summed E-state index contributed by atoms with van der Waals surface area (Å²) in [6.07, 6.45) is -3.49. The first-order chi connectivity index (χ1) is 9.21. The summed E-state index contributed by atoms with van der Waals surface area (Å²) in [5.74, 6) is -0.899. The predicted molar refractivity (Wildman–Crippen MR) is 67.3 cm³/mol. The molecule has 110 valence electrons. The molecule has 2 unspecified atom stereocenters. The van der Waals surface area contributed by atoms with Gasteiger partial charge in [-0.2, -0.15) is 13.2 Å². The summed E-state index contributed by atoms with van der Waals surface area (Å²) in [7, 11) is 0. The first-order valence-electron chi connectivity index (χ1n) is 6.35. The highest BCUT2D eigenvalue weighted by Crippen LogP contribution is 2.31. The first kappa shape index (κ1) is 14.8. The van der Waals surface area contributed by atoms with Crippen molar-refractivity contribution in [1.29, 1.82) is 0 Å². The van der Waals surface area contributed by atoms with Crippen LogP contribution in [-0.4, -0.2) is 23.2 Å². The Hall–Kier alpha value is -1.56. The second-order valence-electron chi connectivity index (χ2n) is 5.49. The molecule has 2 atom stereocenters. The van der Waals surface area contributed by atoms with Crippen LogP contribution in [0.1, 0.15) is 24.5 Å². The molecule has 2 N–H and O–H groups in total. The third-order valence-corrected chi connectivity index (χ3v) is 3.73. The van der Waals surface area contributed by atoms with Crippen LogP contribution < -0.4 is 5.32 Å². The van der Waals surface area contributed by atoms with Crippen molar-refractivity contribution in [3.8, 4) is 0 Å². The number of nitrogens with one attached hydrogen (secondary N) is 1. The Morgan fingerprint density at radius 2 is 2.20 bits per heavy atom. The summed E-state index contributed by atoms with van der Waals surface area (Å²) >= 11 is 0. The number of carboxylic acids is 1. The fourth-order valence-electron chi connectivity index (χ4n) is 2.61. The monoisotopic (exact) mass is 287 g/mol. The van der Waals surface area contributed by atoms with Crippen molar-refractivity contribution in [1.82, 2.24) is 5.32 Å². The van der Waals surface area contributed by atoms with Gasteiger partial charge in [-0.25, -0.2) is 0 Å². The van der Waals surface area contributed by atoms with Crippen LogP contribution in [0, 0.1) is 5.92 Å². The highest BCUT2D eigenvalue weighted by atomic mass is 19.4. The number of aliphatic carboxylic acids is 1. The zero-order valence-corrected chi connectivity index (χ0v) is 11.0. The van der Waals surface area contributed by atoms with Crippen LogP contribution in [0.15, 0.2) is 24.3 Å². The standard InChI is InChI=1S/C14H16F3NO2/c1-13(12(19)20)7-10(8-18-13)5-9-3-2-4-11(6-9)14(15,16)17/h2-4,6,10,18H,5,7-8H2,1H3,(H,19,20). The summed E-state index contributed by atoms with van der Waals surface area (Å²) in [4.78, 5) is 11.1. The topological polar surface area (TPSA) is 49.3 Å². The van der Waals surface area contributed by atoms with E-state index in [4.69, 9.17) is 5.11 Å². The molecule has 0 saturated carbocycles. The van der Waals surface area contributed by atoms with Gasteiger partial charge in [-0.15, -0.1) is 0 Å². The number of benzene rings is 1. The van der Waals surface area contributed by atoms with Crippen molar-refractivity contribution in [3.63, 3.8) is 0 Å². The molecule has 1 fully saturated rings. The highest BCUT2D eigenvalue weighted by molar-refractivity contribution is 5.78. The average Bonchev–Trinajstić information content (AvgIpc) is 2.72. The third-order valence-electron chi connectivity index (χ3n) is 3.73. The third kappa shape index (κ3) is 3.12. The molecule has 1 aromatic rings. The Balaban J connectivity index is 2.07. The summed E-state index contributed by atoms with van der Waals surface area (Å²) in [6.45, 7) is 2.10. The Kier molecular flexibility index (Phi) is 3.77.